The molecule has 3 aliphatic rings. The van der Waals surface area contributed by atoms with E-state index >= 15 is 0 Å². The van der Waals surface area contributed by atoms with Crippen molar-refractivity contribution in [3.63, 3.8) is 0 Å². The topological polar surface area (TPSA) is 101 Å². The SMILES string of the molecule is CC1=CCC[C@@]2(C)[C@@H](CC[C@@]2(O)CN(CCc2cccs2)C[C@H](O)CO)c2ccc(cc2C(=O)c2cccc(C(F)(F)F)c2)C[C@@H](O)CC1. The van der Waals surface area contributed by atoms with Crippen LogP contribution in [0.4, 0.5) is 13.2 Å². The van der Waals surface area contributed by atoms with Gasteiger partial charge in [-0.25, -0.2) is 0 Å². The van der Waals surface area contributed by atoms with Gasteiger partial charge < -0.3 is 20.4 Å². The molecule has 6 rings (SSSR count). The third kappa shape index (κ3) is 8.72. The normalized spacial score (nSPS) is 25.6. The molecule has 0 aliphatic heterocycles. The quantitative estimate of drug-likeness (QED) is 0.135. The Hall–Kier alpha value is -2.86. The van der Waals surface area contributed by atoms with E-state index in [9.17, 15) is 38.4 Å². The number of aliphatic hydroxyl groups is 4. The number of rotatable bonds is 10. The molecule has 1 aromatic heterocycles. The summed E-state index contributed by atoms with van der Waals surface area (Å²) in [4.78, 5) is 17.4. The summed E-state index contributed by atoms with van der Waals surface area (Å²) in [7, 11) is 0. The molecule has 4 N–H and O–H groups in total. The van der Waals surface area contributed by atoms with Crippen LogP contribution in [0.2, 0.25) is 0 Å². The molecular formula is C39H48F3NO5S. The van der Waals surface area contributed by atoms with Crippen molar-refractivity contribution in [2.24, 2.45) is 5.41 Å². The lowest BCUT2D eigenvalue weighted by atomic mass is 9.64. The number of carbonyl (C=O) groups excluding carboxylic acids is 1. The summed E-state index contributed by atoms with van der Waals surface area (Å²) in [6.45, 7) is 4.68. The van der Waals surface area contributed by atoms with Crippen LogP contribution in [-0.4, -0.2) is 75.2 Å². The first-order chi connectivity index (χ1) is 23.2. The highest BCUT2D eigenvalue weighted by molar-refractivity contribution is 7.09. The first kappa shape index (κ1) is 37.4. The number of carbonyl (C=O) groups is 1. The van der Waals surface area contributed by atoms with Crippen molar-refractivity contribution in [3.05, 3.63) is 104 Å². The minimum Gasteiger partial charge on any atom is -0.394 e. The van der Waals surface area contributed by atoms with Crippen LogP contribution in [-0.2, 0) is 19.0 Å². The summed E-state index contributed by atoms with van der Waals surface area (Å²) in [5.74, 6) is -0.832. The third-order valence-electron chi connectivity index (χ3n) is 10.8. The molecule has 0 amide bonds. The zero-order chi connectivity index (χ0) is 35.4. The van der Waals surface area contributed by atoms with Gasteiger partial charge in [-0.1, -0.05) is 48.9 Å². The lowest BCUT2D eigenvalue weighted by Crippen LogP contribution is -2.54. The van der Waals surface area contributed by atoms with Crippen molar-refractivity contribution in [2.75, 3.05) is 26.2 Å². The fourth-order valence-corrected chi connectivity index (χ4v) is 8.57. The van der Waals surface area contributed by atoms with E-state index in [4.69, 9.17) is 0 Å². The van der Waals surface area contributed by atoms with Gasteiger partial charge in [-0.3, -0.25) is 9.69 Å². The second-order valence-electron chi connectivity index (χ2n) is 14.3. The lowest BCUT2D eigenvalue weighted by Gasteiger charge is -2.46. The van der Waals surface area contributed by atoms with Crippen LogP contribution in [0, 0.1) is 5.41 Å². The average Bonchev–Trinajstić information content (AvgIpc) is 3.67. The number of ketones is 1. The van der Waals surface area contributed by atoms with Crippen LogP contribution in [0.25, 0.3) is 0 Å². The van der Waals surface area contributed by atoms with E-state index in [1.807, 2.05) is 41.5 Å². The van der Waals surface area contributed by atoms with Crippen molar-refractivity contribution in [2.45, 2.75) is 95.1 Å². The first-order valence-electron chi connectivity index (χ1n) is 17.2. The number of fused-ring (bicyclic) bond motifs is 8. The minimum atomic E-state index is -4.61. The van der Waals surface area contributed by atoms with Gasteiger partial charge in [-0.2, -0.15) is 13.2 Å². The van der Waals surface area contributed by atoms with Gasteiger partial charge in [0.1, 0.15) is 0 Å². The Morgan fingerprint density at radius 1 is 1.10 bits per heavy atom. The summed E-state index contributed by atoms with van der Waals surface area (Å²) < 4.78 is 41.0. The average molecular weight is 700 g/mol. The van der Waals surface area contributed by atoms with E-state index in [-0.39, 0.29) is 24.6 Å². The molecule has 2 bridgehead atoms. The second kappa shape index (κ2) is 15.6. The molecule has 1 heterocycles. The number of aliphatic hydroxyl groups excluding tert-OH is 3. The number of thiophene rings is 1. The standard InChI is InChI=1S/C39H48F3NO5S/c1-26-6-4-16-37(2)35(14-17-38(37,48)25-43(23-31(46)24-44)18-15-32-9-5-19-49-32)33-13-11-27(20-30(45)12-10-26)21-34(33)36(47)28-7-3-8-29(22-28)39(40,41)42/h3,5-9,11,13,19,21-22,30-31,35,44-46,48H,4,10,12,14-18,20,23-25H2,1-2H3/t30-,31-,35-,37-,38+/m0/s1. The Morgan fingerprint density at radius 2 is 1.90 bits per heavy atom. The second-order valence-corrected chi connectivity index (χ2v) is 15.3. The highest BCUT2D eigenvalue weighted by Crippen LogP contribution is 2.59. The zero-order valence-corrected chi connectivity index (χ0v) is 29.1. The molecule has 1 fully saturated rings. The molecule has 2 aromatic carbocycles. The maximum atomic E-state index is 14.2. The van der Waals surface area contributed by atoms with Crippen molar-refractivity contribution < 1.29 is 38.4 Å². The number of hydrogen-bond acceptors (Lipinski definition) is 7. The number of allylic oxidation sites excluding steroid dienone is 2. The van der Waals surface area contributed by atoms with E-state index in [1.54, 1.807) is 17.4 Å². The van der Waals surface area contributed by atoms with Crippen molar-refractivity contribution in [1.82, 2.24) is 4.90 Å². The van der Waals surface area contributed by atoms with E-state index < -0.39 is 47.4 Å². The third-order valence-corrected chi connectivity index (χ3v) is 11.7. The van der Waals surface area contributed by atoms with Crippen LogP contribution in [0.3, 0.4) is 0 Å². The van der Waals surface area contributed by atoms with Crippen LogP contribution >= 0.6 is 11.3 Å². The number of halogens is 3. The minimum absolute atomic E-state index is 0.0684. The summed E-state index contributed by atoms with van der Waals surface area (Å²) in [5, 5.41) is 45.8. The Bertz CT molecular complexity index is 1610. The lowest BCUT2D eigenvalue weighted by molar-refractivity contribution is -0.137. The first-order valence-corrected chi connectivity index (χ1v) is 18.0. The molecule has 49 heavy (non-hydrogen) atoms. The van der Waals surface area contributed by atoms with Gasteiger partial charge >= 0.3 is 6.18 Å². The molecule has 5 atom stereocenters. The highest BCUT2D eigenvalue weighted by atomic mass is 32.1. The number of nitrogens with zero attached hydrogens (tertiary/aromatic N) is 1. The molecule has 3 aromatic rings. The van der Waals surface area contributed by atoms with Crippen molar-refractivity contribution >= 4 is 17.1 Å². The molecule has 0 saturated heterocycles. The molecule has 0 radical (unpaired) electrons. The van der Waals surface area contributed by atoms with Gasteiger partial charge in [0.15, 0.2) is 5.78 Å². The Labute approximate surface area is 290 Å². The smallest absolute Gasteiger partial charge is 0.394 e. The van der Waals surface area contributed by atoms with Gasteiger partial charge in [0.2, 0.25) is 0 Å². The van der Waals surface area contributed by atoms with Gasteiger partial charge in [0, 0.05) is 41.1 Å². The number of alkyl halides is 3. The molecule has 266 valence electrons. The predicted octanol–water partition coefficient (Wildman–Crippen LogP) is 6.93. The molecule has 6 nitrogen and oxygen atoms in total. The van der Waals surface area contributed by atoms with Gasteiger partial charge in [-0.15, -0.1) is 11.3 Å². The summed E-state index contributed by atoms with van der Waals surface area (Å²) in [6.07, 6.45) is 0.342. The fraction of sp³-hybridized carbons (Fsp3) is 0.513. The summed E-state index contributed by atoms with van der Waals surface area (Å²) in [6, 6.07) is 14.0. The Morgan fingerprint density at radius 3 is 2.61 bits per heavy atom. The predicted molar refractivity (Wildman–Crippen MR) is 186 cm³/mol. The van der Waals surface area contributed by atoms with Crippen molar-refractivity contribution in [1.29, 1.82) is 0 Å². The highest BCUT2D eigenvalue weighted by Gasteiger charge is 2.57. The maximum absolute atomic E-state index is 14.2. The molecule has 1 saturated carbocycles. The summed E-state index contributed by atoms with van der Waals surface area (Å²) in [5.41, 5.74) is -0.135. The Kier molecular flexibility index (Phi) is 11.9. The van der Waals surface area contributed by atoms with Crippen LogP contribution in [0.1, 0.15) is 95.8 Å². The monoisotopic (exact) mass is 699 g/mol. The van der Waals surface area contributed by atoms with E-state index in [1.165, 1.54) is 17.0 Å². The molecular weight excluding hydrogens is 651 g/mol. The number of benzene rings is 2. The van der Waals surface area contributed by atoms with Crippen LogP contribution in [0.15, 0.2) is 71.6 Å². The maximum Gasteiger partial charge on any atom is 0.416 e. The fourth-order valence-electron chi connectivity index (χ4n) is 7.87. The molecule has 0 spiro atoms. The van der Waals surface area contributed by atoms with E-state index in [0.29, 0.717) is 62.6 Å². The van der Waals surface area contributed by atoms with Crippen molar-refractivity contribution in [3.8, 4) is 0 Å². The molecule has 3 aliphatic carbocycles. The van der Waals surface area contributed by atoms with Gasteiger partial charge in [0.05, 0.1) is 30.0 Å². The van der Waals surface area contributed by atoms with Crippen LogP contribution < -0.4 is 0 Å². The van der Waals surface area contributed by atoms with Gasteiger partial charge in [0.25, 0.3) is 0 Å². The van der Waals surface area contributed by atoms with E-state index in [0.717, 1.165) is 29.7 Å². The van der Waals surface area contributed by atoms with Crippen LogP contribution in [0.5, 0.6) is 0 Å². The van der Waals surface area contributed by atoms with E-state index in [2.05, 4.69) is 13.0 Å². The molecule has 10 heteroatoms. The molecule has 0 unspecified atom stereocenters. The zero-order valence-electron chi connectivity index (χ0n) is 28.3. The Balaban J connectivity index is 1.57. The summed E-state index contributed by atoms with van der Waals surface area (Å²) >= 11 is 1.64. The van der Waals surface area contributed by atoms with Gasteiger partial charge in [-0.05, 0) is 105 Å². The largest absolute Gasteiger partial charge is 0.416 e. The number of hydrogen-bond donors (Lipinski definition) is 4.